The number of pyridine rings is 1. The van der Waals surface area contributed by atoms with Crippen molar-refractivity contribution in [2.45, 2.75) is 12.9 Å². The minimum Gasteiger partial charge on any atom is -0.406 e. The Bertz CT molecular complexity index is 1040. The predicted octanol–water partition coefficient (Wildman–Crippen LogP) is 2.64. The van der Waals surface area contributed by atoms with E-state index in [2.05, 4.69) is 9.72 Å². The second kappa shape index (κ2) is 6.78. The number of amides is 1. The Hall–Kier alpha value is -3.30. The van der Waals surface area contributed by atoms with Gasteiger partial charge in [-0.1, -0.05) is 0 Å². The first-order valence-corrected chi connectivity index (χ1v) is 7.71. The van der Waals surface area contributed by atoms with Gasteiger partial charge >= 0.3 is 12.1 Å². The Labute approximate surface area is 150 Å². The van der Waals surface area contributed by atoms with E-state index < -0.39 is 12.1 Å². The van der Waals surface area contributed by atoms with Crippen molar-refractivity contribution >= 4 is 17.1 Å². The van der Waals surface area contributed by atoms with Crippen molar-refractivity contribution in [2.24, 2.45) is 0 Å². The topological polar surface area (TPSA) is 77.6 Å². The van der Waals surface area contributed by atoms with E-state index in [4.69, 9.17) is 4.42 Å². The highest BCUT2D eigenvalue weighted by Gasteiger charge is 2.31. The molecule has 0 aliphatic rings. The molecule has 1 aromatic carbocycles. The molecule has 2 heterocycles. The smallest absolute Gasteiger partial charge is 0.406 e. The first-order chi connectivity index (χ1) is 12.6. The molecule has 0 saturated heterocycles. The van der Waals surface area contributed by atoms with Gasteiger partial charge in [0, 0.05) is 19.7 Å². The van der Waals surface area contributed by atoms with Crippen molar-refractivity contribution in [2.75, 3.05) is 14.1 Å². The summed E-state index contributed by atoms with van der Waals surface area (Å²) in [6, 6.07) is 8.20. The van der Waals surface area contributed by atoms with E-state index in [9.17, 15) is 22.8 Å². The van der Waals surface area contributed by atoms with Crippen LogP contribution in [0.2, 0.25) is 0 Å². The van der Waals surface area contributed by atoms with E-state index in [0.29, 0.717) is 11.3 Å². The van der Waals surface area contributed by atoms with Gasteiger partial charge in [0.25, 0.3) is 0 Å². The van der Waals surface area contributed by atoms with Crippen LogP contribution in [-0.2, 0) is 11.3 Å². The van der Waals surface area contributed by atoms with E-state index in [1.165, 1.54) is 23.1 Å². The van der Waals surface area contributed by atoms with E-state index >= 15 is 0 Å². The normalized spacial score (nSPS) is 11.6. The molecule has 0 unspecified atom stereocenters. The van der Waals surface area contributed by atoms with Gasteiger partial charge in [-0.15, -0.1) is 13.2 Å². The van der Waals surface area contributed by atoms with Gasteiger partial charge in [0.2, 0.25) is 5.91 Å². The number of ether oxygens (including phenoxy) is 1. The number of alkyl halides is 3. The molecule has 0 radical (unpaired) electrons. The van der Waals surface area contributed by atoms with Gasteiger partial charge in [0.15, 0.2) is 11.2 Å². The number of carbonyl (C=O) groups is 1. The maximum atomic E-state index is 12.2. The van der Waals surface area contributed by atoms with E-state index in [0.717, 1.165) is 16.7 Å². The van der Waals surface area contributed by atoms with Crippen molar-refractivity contribution in [3.05, 3.63) is 46.9 Å². The standard InChI is InChI=1S/C17H14F3N3O4/c1-22(2)14(24)9-23-15-13(26-16(23)25)8-7-12(21-15)10-3-5-11(6-4-10)27-17(18,19)20/h3-8H,9H2,1-2H3. The quantitative estimate of drug-likeness (QED) is 0.694. The fraction of sp³-hybridized carbons (Fsp3) is 0.235. The fourth-order valence-corrected chi connectivity index (χ4v) is 2.35. The Kier molecular flexibility index (Phi) is 4.64. The maximum absolute atomic E-state index is 12.2. The van der Waals surface area contributed by atoms with Crippen LogP contribution in [0, 0.1) is 0 Å². The summed E-state index contributed by atoms with van der Waals surface area (Å²) in [5.74, 6) is -1.40. The molecule has 0 aliphatic heterocycles. The van der Waals surface area contributed by atoms with Crippen LogP contribution in [0.5, 0.6) is 5.75 Å². The van der Waals surface area contributed by atoms with Crippen molar-refractivity contribution < 1.29 is 27.1 Å². The van der Waals surface area contributed by atoms with Crippen LogP contribution in [0.1, 0.15) is 0 Å². The number of benzene rings is 1. The number of oxazole rings is 1. The lowest BCUT2D eigenvalue weighted by molar-refractivity contribution is -0.274. The molecule has 0 bridgehead atoms. The Balaban J connectivity index is 1.96. The number of fused-ring (bicyclic) bond motifs is 1. The minimum atomic E-state index is -4.77. The highest BCUT2D eigenvalue weighted by atomic mass is 19.4. The molecular formula is C17H14F3N3O4. The van der Waals surface area contributed by atoms with Gasteiger partial charge in [-0.05, 0) is 36.4 Å². The first-order valence-electron chi connectivity index (χ1n) is 7.71. The largest absolute Gasteiger partial charge is 0.573 e. The highest BCUT2D eigenvalue weighted by Crippen LogP contribution is 2.26. The first kappa shape index (κ1) is 18.5. The van der Waals surface area contributed by atoms with Gasteiger partial charge in [-0.3, -0.25) is 4.79 Å². The summed E-state index contributed by atoms with van der Waals surface area (Å²) in [6.45, 7) is -0.242. The Morgan fingerprint density at radius 1 is 1.19 bits per heavy atom. The van der Waals surface area contributed by atoms with Crippen LogP contribution in [0.3, 0.4) is 0 Å². The monoisotopic (exact) mass is 381 g/mol. The third kappa shape index (κ3) is 4.10. The fourth-order valence-electron chi connectivity index (χ4n) is 2.35. The van der Waals surface area contributed by atoms with Crippen molar-refractivity contribution in [1.29, 1.82) is 0 Å². The van der Waals surface area contributed by atoms with Crippen LogP contribution >= 0.6 is 0 Å². The average molecular weight is 381 g/mol. The molecule has 0 aliphatic carbocycles. The summed E-state index contributed by atoms with van der Waals surface area (Å²) in [6.07, 6.45) is -4.77. The van der Waals surface area contributed by atoms with Crippen molar-refractivity contribution in [3.8, 4) is 17.0 Å². The molecule has 1 amide bonds. The van der Waals surface area contributed by atoms with E-state index in [1.807, 2.05) is 0 Å². The zero-order chi connectivity index (χ0) is 19.8. The number of rotatable bonds is 4. The molecule has 7 nitrogen and oxygen atoms in total. The van der Waals surface area contributed by atoms with Gasteiger partial charge in [0.1, 0.15) is 12.3 Å². The van der Waals surface area contributed by atoms with Gasteiger partial charge in [0.05, 0.1) is 5.69 Å². The molecule has 3 rings (SSSR count). The van der Waals surface area contributed by atoms with Crippen LogP contribution in [0.15, 0.2) is 45.6 Å². The van der Waals surface area contributed by atoms with Gasteiger partial charge in [-0.25, -0.2) is 14.3 Å². The summed E-state index contributed by atoms with van der Waals surface area (Å²) < 4.78 is 46.7. The van der Waals surface area contributed by atoms with Crippen LogP contribution < -0.4 is 10.5 Å². The molecule has 10 heteroatoms. The zero-order valence-corrected chi connectivity index (χ0v) is 14.3. The number of halogens is 3. The number of aromatic nitrogens is 2. The molecule has 3 aromatic rings. The lowest BCUT2D eigenvalue weighted by Crippen LogP contribution is -2.30. The SMILES string of the molecule is CN(C)C(=O)Cn1c(=O)oc2ccc(-c3ccc(OC(F)(F)F)cc3)nc21. The molecule has 27 heavy (non-hydrogen) atoms. The summed E-state index contributed by atoms with van der Waals surface area (Å²) >= 11 is 0. The van der Waals surface area contributed by atoms with Crippen LogP contribution in [0.4, 0.5) is 13.2 Å². The number of hydrogen-bond acceptors (Lipinski definition) is 5. The number of hydrogen-bond donors (Lipinski definition) is 0. The molecule has 2 aromatic heterocycles. The minimum absolute atomic E-state index is 0.170. The van der Waals surface area contributed by atoms with Crippen LogP contribution in [0.25, 0.3) is 22.5 Å². The molecule has 0 spiro atoms. The summed E-state index contributed by atoms with van der Waals surface area (Å²) in [7, 11) is 3.11. The molecule has 0 N–H and O–H groups in total. The predicted molar refractivity (Wildman–Crippen MR) is 89.1 cm³/mol. The highest BCUT2D eigenvalue weighted by molar-refractivity contribution is 5.79. The third-order valence-electron chi connectivity index (χ3n) is 3.69. The Morgan fingerprint density at radius 2 is 1.85 bits per heavy atom. The molecule has 0 atom stereocenters. The molecular weight excluding hydrogens is 367 g/mol. The van der Waals surface area contributed by atoms with Crippen LogP contribution in [-0.4, -0.2) is 40.8 Å². The zero-order valence-electron chi connectivity index (χ0n) is 14.3. The molecule has 142 valence electrons. The second-order valence-electron chi connectivity index (χ2n) is 5.83. The Morgan fingerprint density at radius 3 is 2.44 bits per heavy atom. The van der Waals surface area contributed by atoms with Crippen molar-refractivity contribution in [3.63, 3.8) is 0 Å². The number of likely N-dealkylation sites (N-methyl/N-ethyl adjacent to an activating group) is 1. The summed E-state index contributed by atoms with van der Waals surface area (Å²) in [4.78, 5) is 29.5. The van der Waals surface area contributed by atoms with E-state index in [1.54, 1.807) is 20.2 Å². The lowest BCUT2D eigenvalue weighted by Gasteiger charge is -2.10. The average Bonchev–Trinajstić information content (AvgIpc) is 2.89. The molecule has 0 fully saturated rings. The van der Waals surface area contributed by atoms with Gasteiger partial charge in [-0.2, -0.15) is 0 Å². The van der Waals surface area contributed by atoms with E-state index in [-0.39, 0.29) is 29.4 Å². The maximum Gasteiger partial charge on any atom is 0.573 e. The second-order valence-corrected chi connectivity index (χ2v) is 5.83. The van der Waals surface area contributed by atoms with Gasteiger partial charge < -0.3 is 14.1 Å². The summed E-state index contributed by atoms with van der Waals surface area (Å²) in [5.41, 5.74) is 1.27. The summed E-state index contributed by atoms with van der Waals surface area (Å²) in [5, 5.41) is 0. The molecule has 0 saturated carbocycles. The lowest BCUT2D eigenvalue weighted by atomic mass is 10.1. The number of carbonyl (C=O) groups excluding carboxylic acids is 1. The van der Waals surface area contributed by atoms with Crippen molar-refractivity contribution in [1.82, 2.24) is 14.5 Å². The number of nitrogens with zero attached hydrogens (tertiary/aromatic N) is 3. The third-order valence-corrected chi connectivity index (χ3v) is 3.69.